The lowest BCUT2D eigenvalue weighted by Gasteiger charge is -2.37. The molecule has 7 nitrogen and oxygen atoms in total. The lowest BCUT2D eigenvalue weighted by Crippen LogP contribution is -2.47. The van der Waals surface area contributed by atoms with Gasteiger partial charge >= 0.3 is 6.09 Å². The number of nitrogens with zero attached hydrogens (tertiary/aromatic N) is 1. The van der Waals surface area contributed by atoms with E-state index in [-0.39, 0.29) is 24.4 Å². The fraction of sp³-hybridized carbons (Fsp3) is 0.500. The van der Waals surface area contributed by atoms with Gasteiger partial charge in [0.1, 0.15) is 29.0 Å². The Hall–Kier alpha value is -3.20. The van der Waals surface area contributed by atoms with Gasteiger partial charge in [0.05, 0.1) is 13.2 Å². The number of hydrogen-bond acceptors (Lipinski definition) is 5. The van der Waals surface area contributed by atoms with Crippen LogP contribution in [0.2, 0.25) is 0 Å². The molecule has 0 unspecified atom stereocenters. The molecule has 37 heavy (non-hydrogen) atoms. The van der Waals surface area contributed by atoms with Gasteiger partial charge in [0.15, 0.2) is 0 Å². The third-order valence-corrected chi connectivity index (χ3v) is 6.02. The highest BCUT2D eigenvalue weighted by Gasteiger charge is 2.39. The number of hydrogen-bond donors (Lipinski definition) is 1. The predicted octanol–water partition coefficient (Wildman–Crippen LogP) is 5.76. The number of amides is 2. The second-order valence-electron chi connectivity index (χ2n) is 10.7. The molecule has 2 amide bonds. The van der Waals surface area contributed by atoms with Gasteiger partial charge in [0.25, 0.3) is 5.91 Å². The van der Waals surface area contributed by atoms with E-state index in [2.05, 4.69) is 5.32 Å². The summed E-state index contributed by atoms with van der Waals surface area (Å²) >= 11 is 0. The Balaban J connectivity index is 1.97. The first kappa shape index (κ1) is 28.4. The molecular formula is C28H36F2N2O5. The molecule has 0 aromatic heterocycles. The smallest absolute Gasteiger partial charge is 0.411 e. The highest BCUT2D eigenvalue weighted by molar-refractivity contribution is 5.98. The monoisotopic (exact) mass is 518 g/mol. The van der Waals surface area contributed by atoms with E-state index in [0.29, 0.717) is 24.3 Å². The summed E-state index contributed by atoms with van der Waals surface area (Å²) in [6, 6.07) is 6.40. The van der Waals surface area contributed by atoms with Gasteiger partial charge in [-0.3, -0.25) is 9.69 Å². The van der Waals surface area contributed by atoms with Gasteiger partial charge in [-0.1, -0.05) is 19.9 Å². The second-order valence-corrected chi connectivity index (χ2v) is 10.7. The van der Waals surface area contributed by atoms with Crippen LogP contribution in [0.1, 0.15) is 64.3 Å². The van der Waals surface area contributed by atoms with Crippen molar-refractivity contribution in [1.29, 1.82) is 0 Å². The van der Waals surface area contributed by atoms with E-state index in [4.69, 9.17) is 14.2 Å². The second kappa shape index (κ2) is 11.0. The molecule has 0 bridgehead atoms. The number of halogens is 2. The Kier molecular flexibility index (Phi) is 8.47. The number of rotatable bonds is 7. The largest absolute Gasteiger partial charge is 0.494 e. The Morgan fingerprint density at radius 2 is 1.73 bits per heavy atom. The topological polar surface area (TPSA) is 77.1 Å². The lowest BCUT2D eigenvalue weighted by molar-refractivity contribution is -0.122. The van der Waals surface area contributed by atoms with E-state index in [9.17, 15) is 9.59 Å². The summed E-state index contributed by atoms with van der Waals surface area (Å²) in [6.07, 6.45) is -0.160. The van der Waals surface area contributed by atoms with Crippen molar-refractivity contribution < 1.29 is 32.6 Å². The number of methoxy groups -OCH3 is 1. The van der Waals surface area contributed by atoms with Gasteiger partial charge in [-0.2, -0.15) is 0 Å². The van der Waals surface area contributed by atoms with Crippen molar-refractivity contribution in [2.24, 2.45) is 0 Å². The number of fused-ring (bicyclic) bond motifs is 1. The molecule has 0 spiro atoms. The molecule has 2 aromatic rings. The Morgan fingerprint density at radius 3 is 2.30 bits per heavy atom. The van der Waals surface area contributed by atoms with E-state index >= 15 is 8.78 Å². The molecule has 0 radical (unpaired) electrons. The van der Waals surface area contributed by atoms with E-state index < -0.39 is 40.7 Å². The van der Waals surface area contributed by atoms with Crippen LogP contribution in [-0.4, -0.2) is 49.4 Å². The molecule has 1 atom stereocenters. The van der Waals surface area contributed by atoms with Gasteiger partial charge in [0, 0.05) is 30.3 Å². The first-order chi connectivity index (χ1) is 17.3. The standard InChI is InChI=1S/C28H36F2N2O5/c1-8-36-19-9-10-20-17(13-19)11-12-32(26(34)37-27(2,3)4)24(20)25(33)31-18-14-21(29)23(22(30)15-18)28(5,6)16-35-7/h9-10,13-15,24H,8,11-12,16H2,1-7H3,(H,31,33)/t24-/m1/s1. The summed E-state index contributed by atoms with van der Waals surface area (Å²) in [6.45, 7) is 11.3. The fourth-order valence-corrected chi connectivity index (χ4v) is 4.60. The maximum absolute atomic E-state index is 15.0. The first-order valence-electron chi connectivity index (χ1n) is 12.3. The molecule has 0 fully saturated rings. The number of carbonyl (C=O) groups excluding carboxylic acids is 2. The highest BCUT2D eigenvalue weighted by atomic mass is 19.1. The van der Waals surface area contributed by atoms with Crippen LogP contribution in [-0.2, 0) is 26.1 Å². The van der Waals surface area contributed by atoms with E-state index in [0.717, 1.165) is 17.7 Å². The molecular weight excluding hydrogens is 482 g/mol. The van der Waals surface area contributed by atoms with Crippen LogP contribution in [0.15, 0.2) is 30.3 Å². The number of nitrogens with one attached hydrogen (secondary N) is 1. The van der Waals surface area contributed by atoms with E-state index in [1.807, 2.05) is 13.0 Å². The zero-order valence-electron chi connectivity index (χ0n) is 22.5. The van der Waals surface area contributed by atoms with Crippen molar-refractivity contribution in [2.45, 2.75) is 65.0 Å². The molecule has 1 N–H and O–H groups in total. The van der Waals surface area contributed by atoms with Gasteiger partial charge < -0.3 is 19.5 Å². The van der Waals surface area contributed by atoms with Gasteiger partial charge in [-0.05, 0) is 69.5 Å². The van der Waals surface area contributed by atoms with E-state index in [1.54, 1.807) is 46.8 Å². The Morgan fingerprint density at radius 1 is 1.08 bits per heavy atom. The average molecular weight is 519 g/mol. The Bertz CT molecular complexity index is 1140. The SMILES string of the molecule is CCOc1ccc2c(c1)CCN(C(=O)OC(C)(C)C)[C@H]2C(=O)Nc1cc(F)c(C(C)(C)COC)c(F)c1. The van der Waals surface area contributed by atoms with Crippen LogP contribution in [0.4, 0.5) is 19.3 Å². The van der Waals surface area contributed by atoms with Crippen LogP contribution in [0.3, 0.4) is 0 Å². The minimum atomic E-state index is -1.06. The zero-order chi connectivity index (χ0) is 27.5. The molecule has 1 heterocycles. The van der Waals surface area contributed by atoms with Crippen molar-refractivity contribution in [3.8, 4) is 5.75 Å². The molecule has 0 saturated carbocycles. The summed E-state index contributed by atoms with van der Waals surface area (Å²) in [7, 11) is 1.46. The number of benzene rings is 2. The zero-order valence-corrected chi connectivity index (χ0v) is 22.5. The maximum Gasteiger partial charge on any atom is 0.411 e. The van der Waals surface area contributed by atoms with Crippen molar-refractivity contribution in [1.82, 2.24) is 4.90 Å². The summed E-state index contributed by atoms with van der Waals surface area (Å²) in [5.74, 6) is -1.55. The molecule has 9 heteroatoms. The summed E-state index contributed by atoms with van der Waals surface area (Å²) in [4.78, 5) is 28.0. The molecule has 2 aromatic carbocycles. The minimum Gasteiger partial charge on any atom is -0.494 e. The highest BCUT2D eigenvalue weighted by Crippen LogP contribution is 2.35. The summed E-state index contributed by atoms with van der Waals surface area (Å²) in [5, 5.41) is 2.60. The normalized spacial score (nSPS) is 15.7. The van der Waals surface area contributed by atoms with Crippen molar-refractivity contribution in [3.05, 3.63) is 58.7 Å². The fourth-order valence-electron chi connectivity index (χ4n) is 4.60. The Labute approximate surface area is 217 Å². The van der Waals surface area contributed by atoms with Gasteiger partial charge in [-0.25, -0.2) is 13.6 Å². The summed E-state index contributed by atoms with van der Waals surface area (Å²) < 4.78 is 46.3. The van der Waals surface area contributed by atoms with Crippen LogP contribution in [0, 0.1) is 11.6 Å². The average Bonchev–Trinajstić information content (AvgIpc) is 2.76. The number of carbonyl (C=O) groups is 2. The first-order valence-corrected chi connectivity index (χ1v) is 12.3. The molecule has 0 saturated heterocycles. The third kappa shape index (κ3) is 6.57. The summed E-state index contributed by atoms with van der Waals surface area (Å²) in [5.41, 5.74) is -0.432. The predicted molar refractivity (Wildman–Crippen MR) is 137 cm³/mol. The van der Waals surface area contributed by atoms with Gasteiger partial charge in [-0.15, -0.1) is 0 Å². The van der Waals surface area contributed by atoms with Crippen molar-refractivity contribution in [3.63, 3.8) is 0 Å². The molecule has 202 valence electrons. The lowest BCUT2D eigenvalue weighted by atomic mass is 9.84. The van der Waals surface area contributed by atoms with Gasteiger partial charge in [0.2, 0.25) is 0 Å². The van der Waals surface area contributed by atoms with Crippen molar-refractivity contribution in [2.75, 3.05) is 32.2 Å². The van der Waals surface area contributed by atoms with Crippen LogP contribution in [0.5, 0.6) is 5.75 Å². The van der Waals surface area contributed by atoms with Crippen LogP contribution in [0.25, 0.3) is 0 Å². The van der Waals surface area contributed by atoms with E-state index in [1.165, 1.54) is 12.0 Å². The third-order valence-electron chi connectivity index (χ3n) is 6.02. The maximum atomic E-state index is 15.0. The molecule has 0 aliphatic carbocycles. The molecule has 3 rings (SSSR count). The van der Waals surface area contributed by atoms with Crippen LogP contribution < -0.4 is 10.1 Å². The van der Waals surface area contributed by atoms with Crippen LogP contribution >= 0.6 is 0 Å². The number of anilines is 1. The van der Waals surface area contributed by atoms with Crippen molar-refractivity contribution >= 4 is 17.7 Å². The molecule has 1 aliphatic heterocycles. The number of ether oxygens (including phenoxy) is 3. The molecule has 1 aliphatic rings. The minimum absolute atomic E-state index is 0.0563. The quantitative estimate of drug-likeness (QED) is 0.504.